The van der Waals surface area contributed by atoms with Crippen LogP contribution in [0, 0.1) is 0 Å². The van der Waals surface area contributed by atoms with Gasteiger partial charge in [-0.05, 0) is 38.9 Å². The average molecular weight is 329 g/mol. The number of carbonyl (C=O) groups excluding carboxylic acids is 1. The number of halogens is 1. The van der Waals surface area contributed by atoms with Crippen molar-refractivity contribution in [3.8, 4) is 5.75 Å². The Kier molecular flexibility index (Phi) is 6.31. The second kappa shape index (κ2) is 7.50. The lowest BCUT2D eigenvalue weighted by Gasteiger charge is -2.20. The fourth-order valence-corrected chi connectivity index (χ4v) is 2.03. The zero-order valence-corrected chi connectivity index (χ0v) is 13.2. The molecule has 0 bridgehead atoms. The predicted molar refractivity (Wildman–Crippen MR) is 80.1 cm³/mol. The van der Waals surface area contributed by atoms with Crippen LogP contribution in [0.2, 0.25) is 0 Å². The first-order valence-corrected chi connectivity index (χ1v) is 7.23. The topological polar surface area (TPSA) is 64.3 Å². The smallest absolute Gasteiger partial charge is 0.258 e. The summed E-state index contributed by atoms with van der Waals surface area (Å²) >= 11 is 3.41. The molecular formula is C14H21BrN2O2. The maximum atomic E-state index is 11.1. The van der Waals surface area contributed by atoms with Crippen molar-refractivity contribution in [2.75, 3.05) is 6.54 Å². The van der Waals surface area contributed by atoms with Crippen molar-refractivity contribution in [3.05, 3.63) is 28.2 Å². The van der Waals surface area contributed by atoms with E-state index in [1.54, 1.807) is 6.92 Å². The van der Waals surface area contributed by atoms with Crippen LogP contribution in [0.3, 0.4) is 0 Å². The van der Waals surface area contributed by atoms with E-state index >= 15 is 0 Å². The third-order valence-corrected chi connectivity index (χ3v) is 3.34. The number of nitrogens with one attached hydrogen (secondary N) is 1. The first-order valence-electron chi connectivity index (χ1n) is 6.44. The molecule has 2 atom stereocenters. The monoisotopic (exact) mass is 328 g/mol. The van der Waals surface area contributed by atoms with E-state index in [9.17, 15) is 4.79 Å². The van der Waals surface area contributed by atoms with Crippen LogP contribution in [0.15, 0.2) is 22.7 Å². The quantitative estimate of drug-likeness (QED) is 0.808. The number of hydrogen-bond acceptors (Lipinski definition) is 3. The molecule has 4 nitrogen and oxygen atoms in total. The molecular weight excluding hydrogens is 308 g/mol. The van der Waals surface area contributed by atoms with E-state index in [-0.39, 0.29) is 6.04 Å². The molecule has 0 spiro atoms. The number of primary amides is 1. The molecule has 2 unspecified atom stereocenters. The molecule has 0 saturated carbocycles. The van der Waals surface area contributed by atoms with Crippen LogP contribution in [0.1, 0.15) is 38.8 Å². The zero-order chi connectivity index (χ0) is 14.4. The third-order valence-electron chi connectivity index (χ3n) is 2.85. The highest BCUT2D eigenvalue weighted by atomic mass is 79.9. The molecule has 0 aliphatic rings. The lowest BCUT2D eigenvalue weighted by Crippen LogP contribution is -2.31. The Hall–Kier alpha value is -1.07. The summed E-state index contributed by atoms with van der Waals surface area (Å²) in [6.45, 7) is 6.77. The van der Waals surface area contributed by atoms with Crippen molar-refractivity contribution in [2.24, 2.45) is 5.73 Å². The number of ether oxygens (including phenoxy) is 1. The highest BCUT2D eigenvalue weighted by Gasteiger charge is 2.16. The van der Waals surface area contributed by atoms with Gasteiger partial charge in [0.2, 0.25) is 0 Å². The van der Waals surface area contributed by atoms with E-state index in [2.05, 4.69) is 35.1 Å². The van der Waals surface area contributed by atoms with Gasteiger partial charge in [0.25, 0.3) is 5.91 Å². The molecule has 106 valence electrons. The van der Waals surface area contributed by atoms with Gasteiger partial charge in [0, 0.05) is 16.1 Å². The summed E-state index contributed by atoms with van der Waals surface area (Å²) in [4.78, 5) is 11.1. The molecule has 1 amide bonds. The van der Waals surface area contributed by atoms with Gasteiger partial charge in [-0.2, -0.15) is 0 Å². The van der Waals surface area contributed by atoms with Crippen LogP contribution in [0.25, 0.3) is 0 Å². The van der Waals surface area contributed by atoms with Crippen LogP contribution in [0.5, 0.6) is 5.75 Å². The van der Waals surface area contributed by atoms with Crippen molar-refractivity contribution < 1.29 is 9.53 Å². The molecule has 1 rings (SSSR count). The van der Waals surface area contributed by atoms with Crippen LogP contribution < -0.4 is 15.8 Å². The summed E-state index contributed by atoms with van der Waals surface area (Å²) in [5, 5.41) is 3.40. The van der Waals surface area contributed by atoms with Gasteiger partial charge in [-0.1, -0.05) is 28.9 Å². The number of rotatable bonds is 7. The molecule has 19 heavy (non-hydrogen) atoms. The lowest BCUT2D eigenvalue weighted by atomic mass is 10.1. The molecule has 0 heterocycles. The van der Waals surface area contributed by atoms with Crippen molar-refractivity contribution >= 4 is 21.8 Å². The summed E-state index contributed by atoms with van der Waals surface area (Å²) < 4.78 is 6.55. The zero-order valence-electron chi connectivity index (χ0n) is 11.6. The first kappa shape index (κ1) is 16.0. The molecule has 0 aromatic heterocycles. The van der Waals surface area contributed by atoms with Gasteiger partial charge in [-0.3, -0.25) is 4.79 Å². The number of carbonyl (C=O) groups is 1. The highest BCUT2D eigenvalue weighted by molar-refractivity contribution is 9.10. The largest absolute Gasteiger partial charge is 0.481 e. The van der Waals surface area contributed by atoms with Gasteiger partial charge in [0.1, 0.15) is 5.75 Å². The molecule has 5 heteroatoms. The maximum absolute atomic E-state index is 11.1. The Morgan fingerprint density at radius 2 is 2.16 bits per heavy atom. The van der Waals surface area contributed by atoms with Crippen molar-refractivity contribution in [1.29, 1.82) is 0 Å². The van der Waals surface area contributed by atoms with E-state index in [1.165, 1.54) is 0 Å². The van der Waals surface area contributed by atoms with E-state index in [4.69, 9.17) is 10.5 Å². The summed E-state index contributed by atoms with van der Waals surface area (Å²) in [5.74, 6) is 0.205. The van der Waals surface area contributed by atoms with Crippen LogP contribution in [-0.2, 0) is 4.79 Å². The SMILES string of the molecule is CCCNC(C)c1ccc(Br)cc1OC(C)C(N)=O. The van der Waals surface area contributed by atoms with Gasteiger partial charge < -0.3 is 15.8 Å². The van der Waals surface area contributed by atoms with Gasteiger partial charge in [-0.25, -0.2) is 0 Å². The minimum atomic E-state index is -0.647. The Morgan fingerprint density at radius 3 is 2.74 bits per heavy atom. The third kappa shape index (κ3) is 4.84. The fourth-order valence-electron chi connectivity index (χ4n) is 1.69. The molecule has 0 fully saturated rings. The lowest BCUT2D eigenvalue weighted by molar-refractivity contribution is -0.124. The van der Waals surface area contributed by atoms with Gasteiger partial charge in [0.05, 0.1) is 0 Å². The Morgan fingerprint density at radius 1 is 1.47 bits per heavy atom. The van der Waals surface area contributed by atoms with Crippen LogP contribution >= 0.6 is 15.9 Å². The minimum Gasteiger partial charge on any atom is -0.481 e. The maximum Gasteiger partial charge on any atom is 0.258 e. The minimum absolute atomic E-state index is 0.156. The van der Waals surface area contributed by atoms with Crippen molar-refractivity contribution in [2.45, 2.75) is 39.3 Å². The Bertz CT molecular complexity index is 437. The Labute approximate surface area is 122 Å². The van der Waals surface area contributed by atoms with Gasteiger partial charge >= 0.3 is 0 Å². The average Bonchev–Trinajstić information content (AvgIpc) is 2.36. The molecule has 1 aromatic rings. The number of benzene rings is 1. The second-order valence-corrected chi connectivity index (χ2v) is 5.44. The van der Waals surface area contributed by atoms with Crippen molar-refractivity contribution in [3.63, 3.8) is 0 Å². The van der Waals surface area contributed by atoms with E-state index in [1.807, 2.05) is 18.2 Å². The summed E-state index contributed by atoms with van der Waals surface area (Å²) in [6, 6.07) is 5.96. The Balaban J connectivity index is 2.93. The molecule has 0 aliphatic carbocycles. The van der Waals surface area contributed by atoms with Crippen molar-refractivity contribution in [1.82, 2.24) is 5.32 Å². The fraction of sp³-hybridized carbons (Fsp3) is 0.500. The number of amides is 1. The standard InChI is InChI=1S/C14H21BrN2O2/c1-4-7-17-9(2)12-6-5-11(15)8-13(12)19-10(3)14(16)18/h5-6,8-10,17H,4,7H2,1-3H3,(H2,16,18). The second-order valence-electron chi connectivity index (χ2n) is 4.52. The summed E-state index contributed by atoms with van der Waals surface area (Å²) in [5.41, 5.74) is 6.26. The molecule has 0 radical (unpaired) electrons. The molecule has 0 aliphatic heterocycles. The molecule has 3 N–H and O–H groups in total. The highest BCUT2D eigenvalue weighted by Crippen LogP contribution is 2.29. The number of hydrogen-bond donors (Lipinski definition) is 2. The van der Waals surface area contributed by atoms with E-state index < -0.39 is 12.0 Å². The van der Waals surface area contributed by atoms with E-state index in [0.29, 0.717) is 5.75 Å². The van der Waals surface area contributed by atoms with Gasteiger partial charge in [-0.15, -0.1) is 0 Å². The first-order chi connectivity index (χ1) is 8.95. The normalized spacial score (nSPS) is 13.9. The van der Waals surface area contributed by atoms with Gasteiger partial charge in [0.15, 0.2) is 6.10 Å². The molecule has 0 saturated heterocycles. The summed E-state index contributed by atoms with van der Waals surface area (Å²) in [7, 11) is 0. The van der Waals surface area contributed by atoms with Crippen LogP contribution in [0.4, 0.5) is 0 Å². The molecule has 1 aromatic carbocycles. The summed E-state index contributed by atoms with van der Waals surface area (Å²) in [6.07, 6.45) is 0.417. The predicted octanol–water partition coefficient (Wildman–Crippen LogP) is 2.76. The van der Waals surface area contributed by atoms with E-state index in [0.717, 1.165) is 23.0 Å². The number of nitrogens with two attached hydrogens (primary N) is 1. The van der Waals surface area contributed by atoms with Crippen LogP contribution in [-0.4, -0.2) is 18.6 Å².